The minimum absolute atomic E-state index is 0.505. The van der Waals surface area contributed by atoms with Crippen molar-refractivity contribution in [2.75, 3.05) is 40.4 Å². The van der Waals surface area contributed by atoms with Gasteiger partial charge >= 0.3 is 0 Å². The quantitative estimate of drug-likeness (QED) is 0.660. The van der Waals surface area contributed by atoms with Gasteiger partial charge in [0, 0.05) is 32.8 Å². The van der Waals surface area contributed by atoms with Gasteiger partial charge in [-0.25, -0.2) is 0 Å². The van der Waals surface area contributed by atoms with E-state index in [0.29, 0.717) is 11.5 Å². The van der Waals surface area contributed by atoms with E-state index in [2.05, 4.69) is 31.1 Å². The van der Waals surface area contributed by atoms with Crippen LogP contribution >= 0.6 is 0 Å². The number of hydrogen-bond acceptors (Lipinski definition) is 3. The molecule has 0 amide bonds. The monoisotopic (exact) mass is 270 g/mol. The second kappa shape index (κ2) is 8.93. The lowest BCUT2D eigenvalue weighted by molar-refractivity contribution is 0.0717. The average molecular weight is 270 g/mol. The zero-order valence-corrected chi connectivity index (χ0v) is 13.5. The molecular formula is C16H34N2O. The molecule has 19 heavy (non-hydrogen) atoms. The number of nitrogens with one attached hydrogen (secondary N) is 1. The van der Waals surface area contributed by atoms with Crippen LogP contribution in [-0.2, 0) is 4.74 Å². The van der Waals surface area contributed by atoms with Crippen LogP contribution in [0.1, 0.15) is 52.4 Å². The van der Waals surface area contributed by atoms with E-state index in [0.717, 1.165) is 19.7 Å². The first-order valence-corrected chi connectivity index (χ1v) is 8.09. The highest BCUT2D eigenvalue weighted by molar-refractivity contribution is 4.90. The Balaban J connectivity index is 2.67. The van der Waals surface area contributed by atoms with E-state index >= 15 is 0 Å². The van der Waals surface area contributed by atoms with Gasteiger partial charge in [0.25, 0.3) is 0 Å². The van der Waals surface area contributed by atoms with E-state index in [1.165, 1.54) is 45.1 Å². The Kier molecular flexibility index (Phi) is 7.96. The summed E-state index contributed by atoms with van der Waals surface area (Å²) in [5, 5.41) is 3.43. The molecular weight excluding hydrogens is 236 g/mol. The van der Waals surface area contributed by atoms with Gasteiger partial charge in [-0.3, -0.25) is 4.90 Å². The van der Waals surface area contributed by atoms with Crippen molar-refractivity contribution in [3.8, 4) is 0 Å². The first-order chi connectivity index (χ1) is 9.21. The third-order valence-corrected chi connectivity index (χ3v) is 4.80. The van der Waals surface area contributed by atoms with Crippen LogP contribution < -0.4 is 5.32 Å². The van der Waals surface area contributed by atoms with Crippen molar-refractivity contribution >= 4 is 0 Å². The molecule has 0 aromatic heterocycles. The summed E-state index contributed by atoms with van der Waals surface area (Å²) in [6, 6.07) is 0.712. The Morgan fingerprint density at radius 1 is 1.21 bits per heavy atom. The highest BCUT2D eigenvalue weighted by atomic mass is 16.5. The molecule has 0 radical (unpaired) electrons. The molecule has 0 saturated heterocycles. The highest BCUT2D eigenvalue weighted by Gasteiger charge is 2.35. The molecule has 0 spiro atoms. The van der Waals surface area contributed by atoms with Crippen LogP contribution in [0.5, 0.6) is 0 Å². The number of ether oxygens (including phenoxy) is 1. The van der Waals surface area contributed by atoms with E-state index < -0.39 is 0 Å². The van der Waals surface area contributed by atoms with Gasteiger partial charge < -0.3 is 10.1 Å². The van der Waals surface area contributed by atoms with Crippen molar-refractivity contribution in [2.45, 2.75) is 58.4 Å². The molecule has 0 heterocycles. The largest absolute Gasteiger partial charge is 0.383 e. The molecule has 1 fully saturated rings. The molecule has 1 aliphatic carbocycles. The maximum atomic E-state index is 5.31. The summed E-state index contributed by atoms with van der Waals surface area (Å²) in [4.78, 5) is 2.69. The van der Waals surface area contributed by atoms with Crippen molar-refractivity contribution < 1.29 is 4.74 Å². The molecule has 114 valence electrons. The van der Waals surface area contributed by atoms with Crippen LogP contribution in [-0.4, -0.2) is 51.3 Å². The van der Waals surface area contributed by atoms with Gasteiger partial charge in [0.15, 0.2) is 0 Å². The first-order valence-electron chi connectivity index (χ1n) is 8.09. The molecule has 1 N–H and O–H groups in total. The zero-order valence-electron chi connectivity index (χ0n) is 13.5. The summed E-state index contributed by atoms with van der Waals surface area (Å²) in [5.41, 5.74) is 0.505. The fourth-order valence-corrected chi connectivity index (χ4v) is 3.73. The van der Waals surface area contributed by atoms with Crippen molar-refractivity contribution in [3.05, 3.63) is 0 Å². The molecule has 0 unspecified atom stereocenters. The van der Waals surface area contributed by atoms with Crippen LogP contribution in [0.15, 0.2) is 0 Å². The third-order valence-electron chi connectivity index (χ3n) is 4.80. The van der Waals surface area contributed by atoms with E-state index in [-0.39, 0.29) is 0 Å². The molecule has 0 aromatic carbocycles. The molecule has 3 nitrogen and oxygen atoms in total. The Morgan fingerprint density at radius 3 is 2.32 bits per heavy atom. The van der Waals surface area contributed by atoms with Crippen molar-refractivity contribution in [3.63, 3.8) is 0 Å². The van der Waals surface area contributed by atoms with Crippen LogP contribution in [0.2, 0.25) is 0 Å². The zero-order chi connectivity index (χ0) is 14.1. The summed E-state index contributed by atoms with van der Waals surface area (Å²) in [7, 11) is 3.90. The lowest BCUT2D eigenvalue weighted by Gasteiger charge is -2.39. The summed E-state index contributed by atoms with van der Waals surface area (Å²) >= 11 is 0. The first kappa shape index (κ1) is 16.9. The summed E-state index contributed by atoms with van der Waals surface area (Å²) in [5.74, 6) is 0. The van der Waals surface area contributed by atoms with E-state index in [4.69, 9.17) is 4.74 Å². The van der Waals surface area contributed by atoms with Gasteiger partial charge in [0.2, 0.25) is 0 Å². The van der Waals surface area contributed by atoms with Crippen molar-refractivity contribution in [2.24, 2.45) is 5.41 Å². The lowest BCUT2D eigenvalue weighted by atomic mass is 9.84. The SMILES string of the molecule is CCC(CC)N(CCOC)CC1(CNC)CCCC1. The van der Waals surface area contributed by atoms with Crippen LogP contribution in [0.3, 0.4) is 0 Å². The number of rotatable bonds is 10. The topological polar surface area (TPSA) is 24.5 Å². The Hall–Kier alpha value is -0.120. The summed E-state index contributed by atoms with van der Waals surface area (Å²) in [6.07, 6.45) is 8.08. The number of hydrogen-bond donors (Lipinski definition) is 1. The number of nitrogens with zero attached hydrogens (tertiary/aromatic N) is 1. The highest BCUT2D eigenvalue weighted by Crippen LogP contribution is 2.38. The Labute approximate surface area is 120 Å². The fraction of sp³-hybridized carbons (Fsp3) is 1.00. The molecule has 0 atom stereocenters. The predicted octanol–water partition coefficient (Wildman–Crippen LogP) is 2.90. The van der Waals surface area contributed by atoms with Crippen LogP contribution in [0.4, 0.5) is 0 Å². The minimum atomic E-state index is 0.505. The summed E-state index contributed by atoms with van der Waals surface area (Å²) in [6.45, 7) is 8.96. The van der Waals surface area contributed by atoms with Gasteiger partial charge in [-0.05, 0) is 38.1 Å². The second-order valence-corrected chi connectivity index (χ2v) is 6.17. The maximum Gasteiger partial charge on any atom is 0.0589 e. The van der Waals surface area contributed by atoms with Crippen molar-refractivity contribution in [1.29, 1.82) is 0 Å². The van der Waals surface area contributed by atoms with Gasteiger partial charge in [-0.2, -0.15) is 0 Å². The summed E-state index contributed by atoms with van der Waals surface area (Å²) < 4.78 is 5.31. The molecule has 3 heteroatoms. The Bertz CT molecular complexity index is 223. The molecule has 0 bridgehead atoms. The normalized spacial score (nSPS) is 18.6. The van der Waals surface area contributed by atoms with Crippen LogP contribution in [0.25, 0.3) is 0 Å². The fourth-order valence-electron chi connectivity index (χ4n) is 3.73. The average Bonchev–Trinajstić information content (AvgIpc) is 2.86. The van der Waals surface area contributed by atoms with Gasteiger partial charge in [-0.15, -0.1) is 0 Å². The van der Waals surface area contributed by atoms with E-state index in [1.807, 2.05) is 7.11 Å². The predicted molar refractivity (Wildman–Crippen MR) is 82.6 cm³/mol. The Morgan fingerprint density at radius 2 is 1.84 bits per heavy atom. The molecule has 1 rings (SSSR count). The lowest BCUT2D eigenvalue weighted by Crippen LogP contribution is -2.47. The van der Waals surface area contributed by atoms with Gasteiger partial charge in [0.05, 0.1) is 6.61 Å². The number of methoxy groups -OCH3 is 1. The van der Waals surface area contributed by atoms with Crippen molar-refractivity contribution in [1.82, 2.24) is 10.2 Å². The standard InChI is InChI=1S/C16H34N2O/c1-5-15(6-2)18(11-12-19-4)14-16(13-17-3)9-7-8-10-16/h15,17H,5-14H2,1-4H3. The second-order valence-electron chi connectivity index (χ2n) is 6.17. The maximum absolute atomic E-state index is 5.31. The van der Waals surface area contributed by atoms with E-state index in [9.17, 15) is 0 Å². The minimum Gasteiger partial charge on any atom is -0.383 e. The smallest absolute Gasteiger partial charge is 0.0589 e. The van der Waals surface area contributed by atoms with Gasteiger partial charge in [-0.1, -0.05) is 26.7 Å². The molecule has 1 saturated carbocycles. The molecule has 1 aliphatic rings. The van der Waals surface area contributed by atoms with E-state index in [1.54, 1.807) is 0 Å². The van der Waals surface area contributed by atoms with Gasteiger partial charge in [0.1, 0.15) is 0 Å². The molecule has 0 aliphatic heterocycles. The molecule has 0 aromatic rings. The third kappa shape index (κ3) is 5.05. The van der Waals surface area contributed by atoms with Crippen LogP contribution in [0, 0.1) is 5.41 Å².